The molecule has 230 valence electrons. The Morgan fingerprint density at radius 3 is 2.00 bits per heavy atom. The van der Waals surface area contributed by atoms with E-state index < -0.39 is 5.60 Å². The van der Waals surface area contributed by atoms with Crippen molar-refractivity contribution in [2.45, 2.75) is 19.4 Å². The van der Waals surface area contributed by atoms with Crippen LogP contribution < -0.4 is 20.3 Å². The lowest BCUT2D eigenvalue weighted by molar-refractivity contribution is 0.0224. The van der Waals surface area contributed by atoms with Gasteiger partial charge in [-0.3, -0.25) is 0 Å². The average Bonchev–Trinajstić information content (AvgIpc) is 3.39. The van der Waals surface area contributed by atoms with E-state index in [0.29, 0.717) is 17.1 Å². The number of anilines is 6. The fourth-order valence-corrected chi connectivity index (χ4v) is 6.55. The Kier molecular flexibility index (Phi) is 6.73. The molecule has 6 aromatic rings. The highest BCUT2D eigenvalue weighted by molar-refractivity contribution is 5.97. The first-order valence-electron chi connectivity index (χ1n) is 15.7. The lowest BCUT2D eigenvalue weighted by Crippen LogP contribution is -2.33. The van der Waals surface area contributed by atoms with Crippen LogP contribution in [0, 0.1) is 13.8 Å². The molecular formula is C41H33N3O3. The van der Waals surface area contributed by atoms with Crippen molar-refractivity contribution in [1.29, 1.82) is 0 Å². The number of carbonyl (C=O) groups is 1. The highest BCUT2D eigenvalue weighted by Gasteiger charge is 2.53. The fraction of sp³-hybridized carbons (Fsp3) is 0.0976. The maximum Gasteiger partial charge on any atom is 0.340 e. The lowest BCUT2D eigenvalue weighted by Gasteiger charge is -2.37. The molecule has 2 N–H and O–H groups in total. The van der Waals surface area contributed by atoms with Crippen LogP contribution in [0.15, 0.2) is 133 Å². The first-order valence-corrected chi connectivity index (χ1v) is 15.7. The van der Waals surface area contributed by atoms with E-state index in [1.807, 2.05) is 86.8 Å². The third kappa shape index (κ3) is 4.86. The molecule has 6 aromatic carbocycles. The third-order valence-electron chi connectivity index (χ3n) is 9.08. The highest BCUT2D eigenvalue weighted by atomic mass is 16.6. The van der Waals surface area contributed by atoms with Crippen molar-refractivity contribution in [3.63, 3.8) is 0 Å². The van der Waals surface area contributed by atoms with Crippen LogP contribution in [0.2, 0.25) is 0 Å². The summed E-state index contributed by atoms with van der Waals surface area (Å²) < 4.78 is 13.1. The SMILES string of the molecule is Cc1ccc(Nc2ccc(N(C)c3ccc4c(c3)Oc3cc(C)c(Nc5ccccc5)cc3C43OC(=O)c4ccccc43)cc2)cc1. The molecule has 2 aliphatic rings. The number of rotatable bonds is 6. The van der Waals surface area contributed by atoms with E-state index in [1.165, 1.54) is 5.56 Å². The van der Waals surface area contributed by atoms with Crippen molar-refractivity contribution in [1.82, 2.24) is 0 Å². The van der Waals surface area contributed by atoms with E-state index in [9.17, 15) is 4.79 Å². The number of nitrogens with one attached hydrogen (secondary N) is 2. The molecule has 2 heterocycles. The molecule has 1 unspecified atom stereocenters. The zero-order valence-electron chi connectivity index (χ0n) is 26.4. The molecule has 0 saturated carbocycles. The maximum absolute atomic E-state index is 13.4. The third-order valence-corrected chi connectivity index (χ3v) is 9.08. The lowest BCUT2D eigenvalue weighted by atomic mass is 9.77. The van der Waals surface area contributed by atoms with Crippen molar-refractivity contribution in [2.24, 2.45) is 0 Å². The Morgan fingerprint density at radius 1 is 0.596 bits per heavy atom. The van der Waals surface area contributed by atoms with Crippen molar-refractivity contribution in [3.05, 3.63) is 167 Å². The van der Waals surface area contributed by atoms with Gasteiger partial charge in [0.2, 0.25) is 0 Å². The molecule has 0 aliphatic carbocycles. The highest BCUT2D eigenvalue weighted by Crippen LogP contribution is 2.57. The minimum Gasteiger partial charge on any atom is -0.456 e. The molecule has 0 amide bonds. The predicted octanol–water partition coefficient (Wildman–Crippen LogP) is 10.1. The van der Waals surface area contributed by atoms with E-state index in [2.05, 4.69) is 83.1 Å². The summed E-state index contributed by atoms with van der Waals surface area (Å²) in [7, 11) is 2.03. The van der Waals surface area contributed by atoms with Gasteiger partial charge in [-0.2, -0.15) is 0 Å². The summed E-state index contributed by atoms with van der Waals surface area (Å²) in [6.07, 6.45) is 0. The molecule has 6 heteroatoms. The van der Waals surface area contributed by atoms with Gasteiger partial charge in [-0.15, -0.1) is 0 Å². The van der Waals surface area contributed by atoms with E-state index in [1.54, 1.807) is 0 Å². The zero-order valence-corrected chi connectivity index (χ0v) is 26.4. The number of esters is 1. The summed E-state index contributed by atoms with van der Waals surface area (Å²) in [4.78, 5) is 15.5. The van der Waals surface area contributed by atoms with Crippen LogP contribution in [0.5, 0.6) is 11.5 Å². The summed E-state index contributed by atoms with van der Waals surface area (Å²) in [5.41, 5.74) is 9.93. The van der Waals surface area contributed by atoms with Gasteiger partial charge in [-0.1, -0.05) is 54.1 Å². The van der Waals surface area contributed by atoms with E-state index in [-0.39, 0.29) is 5.97 Å². The number of hydrogen-bond donors (Lipinski definition) is 2. The van der Waals surface area contributed by atoms with Crippen molar-refractivity contribution < 1.29 is 14.3 Å². The minimum absolute atomic E-state index is 0.349. The van der Waals surface area contributed by atoms with E-state index >= 15 is 0 Å². The Hall–Kier alpha value is -6.01. The van der Waals surface area contributed by atoms with E-state index in [0.717, 1.165) is 56.4 Å². The number of aryl methyl sites for hydroxylation is 2. The second-order valence-corrected chi connectivity index (χ2v) is 12.2. The normalized spacial score (nSPS) is 15.6. The topological polar surface area (TPSA) is 62.8 Å². The summed E-state index contributed by atoms with van der Waals surface area (Å²) in [5, 5.41) is 7.01. The number of ether oxygens (including phenoxy) is 2. The number of benzene rings is 6. The Balaban J connectivity index is 1.18. The molecule has 0 fully saturated rings. The van der Waals surface area contributed by atoms with Gasteiger partial charge in [-0.05, 0) is 98.3 Å². The average molecular weight is 616 g/mol. The van der Waals surface area contributed by atoms with E-state index in [4.69, 9.17) is 9.47 Å². The van der Waals surface area contributed by atoms with Crippen LogP contribution in [0.3, 0.4) is 0 Å². The maximum atomic E-state index is 13.4. The first kappa shape index (κ1) is 28.5. The fourth-order valence-electron chi connectivity index (χ4n) is 6.55. The van der Waals surface area contributed by atoms with Crippen LogP contribution in [0.25, 0.3) is 0 Å². The number of fused-ring (bicyclic) bond motifs is 6. The van der Waals surface area contributed by atoms with Crippen molar-refractivity contribution in [3.8, 4) is 11.5 Å². The van der Waals surface area contributed by atoms with Gasteiger partial charge >= 0.3 is 5.97 Å². The first-order chi connectivity index (χ1) is 22.9. The van der Waals surface area contributed by atoms with Gasteiger partial charge in [-0.25, -0.2) is 4.79 Å². The molecule has 8 rings (SSSR count). The largest absolute Gasteiger partial charge is 0.456 e. The minimum atomic E-state index is -1.15. The monoisotopic (exact) mass is 615 g/mol. The summed E-state index contributed by atoms with van der Waals surface area (Å²) in [5.74, 6) is 0.953. The summed E-state index contributed by atoms with van der Waals surface area (Å²) in [6.45, 7) is 4.13. The van der Waals surface area contributed by atoms with Crippen LogP contribution >= 0.6 is 0 Å². The number of carbonyl (C=O) groups excluding carboxylic acids is 1. The smallest absolute Gasteiger partial charge is 0.340 e. The van der Waals surface area contributed by atoms with Gasteiger partial charge in [0.05, 0.1) is 5.56 Å². The second kappa shape index (κ2) is 11.1. The van der Waals surface area contributed by atoms with Gasteiger partial charge < -0.3 is 25.0 Å². The molecule has 2 aliphatic heterocycles. The summed E-state index contributed by atoms with van der Waals surface area (Å²) >= 11 is 0. The molecule has 47 heavy (non-hydrogen) atoms. The number of hydrogen-bond acceptors (Lipinski definition) is 6. The number of nitrogens with zero attached hydrogens (tertiary/aromatic N) is 1. The van der Waals surface area contributed by atoms with Gasteiger partial charge in [0.15, 0.2) is 5.60 Å². The quantitative estimate of drug-likeness (QED) is 0.182. The standard InChI is InChI=1S/C41H33N3O3/c1-26-13-15-29(16-14-26)42-30-17-19-31(20-18-30)44(3)32-21-22-35-39(24-32)46-38-23-27(2)37(43-28-9-5-4-6-10-28)25-36(38)41(35)34-12-8-7-11-33(34)40(45)47-41/h4-25,42-43H,1-3H3. The Bertz CT molecular complexity index is 2140. The molecular weight excluding hydrogens is 582 g/mol. The number of para-hydroxylation sites is 1. The Morgan fingerprint density at radius 2 is 1.23 bits per heavy atom. The van der Waals surface area contributed by atoms with Crippen molar-refractivity contribution in [2.75, 3.05) is 22.6 Å². The van der Waals surface area contributed by atoms with Gasteiger partial charge in [0.25, 0.3) is 0 Å². The van der Waals surface area contributed by atoms with Crippen LogP contribution in [0.4, 0.5) is 34.1 Å². The predicted molar refractivity (Wildman–Crippen MR) is 188 cm³/mol. The Labute approximate surface area is 274 Å². The molecule has 0 aromatic heterocycles. The van der Waals surface area contributed by atoms with Crippen LogP contribution in [-0.2, 0) is 10.3 Å². The van der Waals surface area contributed by atoms with Gasteiger partial charge in [0.1, 0.15) is 11.5 Å². The molecule has 0 saturated heterocycles. The summed E-state index contributed by atoms with van der Waals surface area (Å²) in [6, 6.07) is 44.5. The molecule has 0 bridgehead atoms. The van der Waals surface area contributed by atoms with Crippen LogP contribution in [0.1, 0.15) is 38.2 Å². The van der Waals surface area contributed by atoms with Crippen molar-refractivity contribution >= 4 is 40.1 Å². The molecule has 1 atom stereocenters. The molecule has 0 radical (unpaired) electrons. The second-order valence-electron chi connectivity index (χ2n) is 12.2. The molecule has 1 spiro atoms. The van der Waals surface area contributed by atoms with Crippen LogP contribution in [-0.4, -0.2) is 13.0 Å². The zero-order chi connectivity index (χ0) is 32.1. The van der Waals surface area contributed by atoms with Gasteiger partial charge in [0, 0.05) is 63.9 Å². The molecule has 6 nitrogen and oxygen atoms in total.